The van der Waals surface area contributed by atoms with E-state index in [1.165, 1.54) is 17.0 Å². The SMILES string of the molecule is C[C@@H](C(=O)NC(C)(C)C)N(Cc1ccc(Cl)cc1Cl)C(=O)CN(c1ccc(Oc2ccccc2)cc1)S(=O)(=O)c1ccccc1. The Hall–Kier alpha value is -4.05. The van der Waals surface area contributed by atoms with Gasteiger partial charge in [0.05, 0.1) is 10.6 Å². The molecule has 0 heterocycles. The van der Waals surface area contributed by atoms with Gasteiger partial charge >= 0.3 is 0 Å². The molecule has 1 N–H and O–H groups in total. The van der Waals surface area contributed by atoms with E-state index in [0.29, 0.717) is 27.1 Å². The maximum absolute atomic E-state index is 14.2. The summed E-state index contributed by atoms with van der Waals surface area (Å²) in [6.07, 6.45) is 0. The summed E-state index contributed by atoms with van der Waals surface area (Å²) < 4.78 is 34.9. The number of carbonyl (C=O) groups is 2. The zero-order valence-corrected chi connectivity index (χ0v) is 27.7. The van der Waals surface area contributed by atoms with Crippen LogP contribution in [0.15, 0.2) is 108 Å². The number of nitrogens with one attached hydrogen (secondary N) is 1. The number of anilines is 1. The normalized spacial score (nSPS) is 12.2. The molecule has 45 heavy (non-hydrogen) atoms. The van der Waals surface area contributed by atoms with E-state index in [1.54, 1.807) is 79.7 Å². The molecule has 4 aromatic rings. The van der Waals surface area contributed by atoms with Gasteiger partial charge in [0.2, 0.25) is 11.8 Å². The van der Waals surface area contributed by atoms with E-state index in [9.17, 15) is 18.0 Å². The maximum Gasteiger partial charge on any atom is 0.264 e. The molecule has 0 spiro atoms. The van der Waals surface area contributed by atoms with Gasteiger partial charge in [0.1, 0.15) is 24.1 Å². The van der Waals surface area contributed by atoms with Gasteiger partial charge < -0.3 is 15.0 Å². The number of amides is 2. The highest BCUT2D eigenvalue weighted by atomic mass is 35.5. The van der Waals surface area contributed by atoms with E-state index >= 15 is 0 Å². The van der Waals surface area contributed by atoms with Crippen molar-refractivity contribution in [2.24, 2.45) is 0 Å². The first-order valence-electron chi connectivity index (χ1n) is 14.2. The van der Waals surface area contributed by atoms with Crippen molar-refractivity contribution < 1.29 is 22.7 Å². The van der Waals surface area contributed by atoms with Crippen LogP contribution < -0.4 is 14.4 Å². The lowest BCUT2D eigenvalue weighted by molar-refractivity contribution is -0.140. The van der Waals surface area contributed by atoms with Crippen molar-refractivity contribution in [3.05, 3.63) is 119 Å². The van der Waals surface area contributed by atoms with Crippen LogP contribution in [0, 0.1) is 0 Å². The molecule has 1 atom stereocenters. The fraction of sp³-hybridized carbons (Fsp3) is 0.235. The second-order valence-electron chi connectivity index (χ2n) is 11.4. The fourth-order valence-electron chi connectivity index (χ4n) is 4.44. The first kappa shape index (κ1) is 33.8. The van der Waals surface area contributed by atoms with Crippen molar-refractivity contribution >= 4 is 50.7 Å². The van der Waals surface area contributed by atoms with Crippen LogP contribution in [0.4, 0.5) is 5.69 Å². The number of benzene rings is 4. The Morgan fingerprint density at radius 3 is 2.00 bits per heavy atom. The molecule has 4 rings (SSSR count). The van der Waals surface area contributed by atoms with Gasteiger partial charge in [-0.1, -0.05) is 65.7 Å². The average molecular weight is 669 g/mol. The fourth-order valence-corrected chi connectivity index (χ4v) is 6.35. The number of halogens is 2. The summed E-state index contributed by atoms with van der Waals surface area (Å²) >= 11 is 12.5. The highest BCUT2D eigenvalue weighted by molar-refractivity contribution is 7.92. The molecular formula is C34H35Cl2N3O5S. The minimum Gasteiger partial charge on any atom is -0.457 e. The van der Waals surface area contributed by atoms with E-state index in [1.807, 2.05) is 39.0 Å². The van der Waals surface area contributed by atoms with Gasteiger partial charge in [-0.15, -0.1) is 0 Å². The quantitative estimate of drug-likeness (QED) is 0.181. The monoisotopic (exact) mass is 667 g/mol. The third-order valence-electron chi connectivity index (χ3n) is 6.73. The molecule has 0 aliphatic heterocycles. The molecule has 8 nitrogen and oxygen atoms in total. The number of sulfonamides is 1. The molecule has 4 aromatic carbocycles. The van der Waals surface area contributed by atoms with Crippen LogP contribution in [0.25, 0.3) is 0 Å². The molecule has 0 aliphatic rings. The lowest BCUT2D eigenvalue weighted by Gasteiger charge is -2.33. The van der Waals surface area contributed by atoms with Crippen LogP contribution in [0.3, 0.4) is 0 Å². The maximum atomic E-state index is 14.2. The lowest BCUT2D eigenvalue weighted by atomic mass is 10.1. The van der Waals surface area contributed by atoms with Crippen LogP contribution in [-0.2, 0) is 26.2 Å². The Bertz CT molecular complexity index is 1730. The second kappa shape index (κ2) is 14.4. The summed E-state index contributed by atoms with van der Waals surface area (Å²) in [7, 11) is -4.21. The highest BCUT2D eigenvalue weighted by Crippen LogP contribution is 2.29. The van der Waals surface area contributed by atoms with E-state index in [2.05, 4.69) is 5.32 Å². The van der Waals surface area contributed by atoms with Crippen LogP contribution in [0.2, 0.25) is 10.0 Å². The number of carbonyl (C=O) groups excluding carboxylic acids is 2. The number of ether oxygens (including phenoxy) is 1. The molecule has 236 valence electrons. The summed E-state index contributed by atoms with van der Waals surface area (Å²) in [5.41, 5.74) is 0.220. The van der Waals surface area contributed by atoms with E-state index in [-0.39, 0.29) is 17.1 Å². The van der Waals surface area contributed by atoms with Crippen LogP contribution in [0.1, 0.15) is 33.3 Å². The zero-order chi connectivity index (χ0) is 32.8. The summed E-state index contributed by atoms with van der Waals surface area (Å²) in [6.45, 7) is 6.44. The van der Waals surface area contributed by atoms with Crippen molar-refractivity contribution in [2.75, 3.05) is 10.8 Å². The molecule has 0 unspecified atom stereocenters. The molecule has 0 bridgehead atoms. The molecule has 0 saturated heterocycles. The second-order valence-corrected chi connectivity index (χ2v) is 14.1. The Kier molecular flexibility index (Phi) is 10.8. The number of nitrogens with zero attached hydrogens (tertiary/aromatic N) is 2. The smallest absolute Gasteiger partial charge is 0.264 e. The van der Waals surface area contributed by atoms with Crippen molar-refractivity contribution in [3.8, 4) is 11.5 Å². The number of rotatable bonds is 11. The standard InChI is InChI=1S/C34H35Cl2N3O5S/c1-24(33(41)37-34(2,3)4)38(22-25-15-16-26(35)21-31(25)36)32(40)23-39(45(42,43)30-13-9-6-10-14-30)27-17-19-29(20-18-27)44-28-11-7-5-8-12-28/h5-21,24H,22-23H2,1-4H3,(H,37,41)/t24-/m0/s1. The molecule has 0 aliphatic carbocycles. The molecule has 0 saturated carbocycles. The van der Waals surface area contributed by atoms with Crippen LogP contribution >= 0.6 is 23.2 Å². The highest BCUT2D eigenvalue weighted by Gasteiger charge is 2.33. The summed E-state index contributed by atoms with van der Waals surface area (Å²) in [5.74, 6) is 0.0931. The Morgan fingerprint density at radius 1 is 0.844 bits per heavy atom. The summed E-state index contributed by atoms with van der Waals surface area (Å²) in [5, 5.41) is 3.63. The van der Waals surface area contributed by atoms with E-state index in [0.717, 1.165) is 4.31 Å². The van der Waals surface area contributed by atoms with Crippen LogP contribution in [-0.4, -0.2) is 43.3 Å². The largest absolute Gasteiger partial charge is 0.457 e. The van der Waals surface area contributed by atoms with Crippen molar-refractivity contribution in [1.82, 2.24) is 10.2 Å². The van der Waals surface area contributed by atoms with Gasteiger partial charge in [-0.25, -0.2) is 8.42 Å². The lowest BCUT2D eigenvalue weighted by Crippen LogP contribution is -2.54. The van der Waals surface area contributed by atoms with Gasteiger partial charge in [0.15, 0.2) is 0 Å². The van der Waals surface area contributed by atoms with Gasteiger partial charge in [0, 0.05) is 22.1 Å². The van der Waals surface area contributed by atoms with Crippen molar-refractivity contribution in [3.63, 3.8) is 0 Å². The third-order valence-corrected chi connectivity index (χ3v) is 9.11. The zero-order valence-electron chi connectivity index (χ0n) is 25.4. The molecule has 0 aromatic heterocycles. The van der Waals surface area contributed by atoms with E-state index < -0.39 is 40.0 Å². The van der Waals surface area contributed by atoms with E-state index in [4.69, 9.17) is 27.9 Å². The minimum atomic E-state index is -4.21. The summed E-state index contributed by atoms with van der Waals surface area (Å²) in [6, 6.07) is 27.3. The van der Waals surface area contributed by atoms with Gasteiger partial charge in [-0.2, -0.15) is 0 Å². The average Bonchev–Trinajstić information content (AvgIpc) is 2.99. The van der Waals surface area contributed by atoms with Gasteiger partial charge in [-0.3, -0.25) is 13.9 Å². The molecule has 0 fully saturated rings. The number of para-hydroxylation sites is 1. The molecule has 11 heteroatoms. The first-order chi connectivity index (χ1) is 21.2. The number of hydrogen-bond acceptors (Lipinski definition) is 5. The number of hydrogen-bond donors (Lipinski definition) is 1. The van der Waals surface area contributed by atoms with Crippen LogP contribution in [0.5, 0.6) is 11.5 Å². The first-order valence-corrected chi connectivity index (χ1v) is 16.4. The molecule has 2 amide bonds. The van der Waals surface area contributed by atoms with Gasteiger partial charge in [-0.05, 0) is 93.9 Å². The Morgan fingerprint density at radius 2 is 1.42 bits per heavy atom. The summed E-state index contributed by atoms with van der Waals surface area (Å²) in [4.78, 5) is 28.8. The van der Waals surface area contributed by atoms with Crippen molar-refractivity contribution in [2.45, 2.75) is 50.7 Å². The predicted molar refractivity (Wildman–Crippen MR) is 178 cm³/mol. The minimum absolute atomic E-state index is 0.00762. The Balaban J connectivity index is 1.71. The molecule has 0 radical (unpaired) electrons. The molecular weight excluding hydrogens is 633 g/mol. The topological polar surface area (TPSA) is 96.0 Å². The Labute approximate surface area is 274 Å². The van der Waals surface area contributed by atoms with Gasteiger partial charge in [0.25, 0.3) is 10.0 Å². The van der Waals surface area contributed by atoms with Crippen molar-refractivity contribution in [1.29, 1.82) is 0 Å². The predicted octanol–water partition coefficient (Wildman–Crippen LogP) is 7.31. The third kappa shape index (κ3) is 9.00.